The molecule has 2 heterocycles. The molecule has 1 aromatic carbocycles. The summed E-state index contributed by atoms with van der Waals surface area (Å²) in [4.78, 5) is 26.8. The van der Waals surface area contributed by atoms with E-state index in [4.69, 9.17) is 0 Å². The molecule has 0 aliphatic carbocycles. The molecule has 1 unspecified atom stereocenters. The van der Waals surface area contributed by atoms with Gasteiger partial charge in [0.05, 0.1) is 18.2 Å². The van der Waals surface area contributed by atoms with E-state index in [0.717, 1.165) is 17.3 Å². The summed E-state index contributed by atoms with van der Waals surface area (Å²) < 4.78 is 0. The number of rotatable bonds is 6. The Balaban J connectivity index is 1.82. The molecule has 2 aromatic heterocycles. The van der Waals surface area contributed by atoms with Crippen molar-refractivity contribution in [2.24, 2.45) is 0 Å². The van der Waals surface area contributed by atoms with E-state index in [2.05, 4.69) is 15.0 Å². The Hall–Kier alpha value is -2.86. The van der Waals surface area contributed by atoms with E-state index >= 15 is 0 Å². The molecular weight excluding hydrogens is 316 g/mol. The number of nitrogens with zero attached hydrogens (tertiary/aromatic N) is 4. The van der Waals surface area contributed by atoms with Crippen molar-refractivity contribution in [3.05, 3.63) is 66.4 Å². The Labute approximate surface area is 146 Å². The van der Waals surface area contributed by atoms with E-state index in [1.54, 1.807) is 47.8 Å². The second-order valence-electron chi connectivity index (χ2n) is 5.85. The van der Waals surface area contributed by atoms with E-state index in [1.165, 1.54) is 6.33 Å². The van der Waals surface area contributed by atoms with Crippen LogP contribution in [-0.4, -0.2) is 44.0 Å². The van der Waals surface area contributed by atoms with Crippen LogP contribution in [0.5, 0.6) is 0 Å². The van der Waals surface area contributed by atoms with Gasteiger partial charge in [0, 0.05) is 41.6 Å². The SMILES string of the molecule is CCCN(CC(O)c1cccnc1)C(=O)c1ccc2cncnc2c1. The number of amides is 1. The normalized spacial score (nSPS) is 12.1. The summed E-state index contributed by atoms with van der Waals surface area (Å²) in [5.74, 6) is -0.120. The Morgan fingerprint density at radius 3 is 2.88 bits per heavy atom. The lowest BCUT2D eigenvalue weighted by atomic mass is 10.1. The first-order valence-electron chi connectivity index (χ1n) is 8.26. The molecule has 6 nitrogen and oxygen atoms in total. The summed E-state index contributed by atoms with van der Waals surface area (Å²) in [7, 11) is 0. The number of aliphatic hydroxyl groups excluding tert-OH is 1. The molecule has 128 valence electrons. The highest BCUT2D eigenvalue weighted by Gasteiger charge is 2.20. The third kappa shape index (κ3) is 3.97. The molecule has 0 spiro atoms. The molecule has 3 rings (SSSR count). The molecule has 6 heteroatoms. The van der Waals surface area contributed by atoms with E-state index in [1.807, 2.05) is 13.0 Å². The van der Waals surface area contributed by atoms with Crippen molar-refractivity contribution in [3.63, 3.8) is 0 Å². The predicted molar refractivity (Wildman–Crippen MR) is 94.9 cm³/mol. The number of carbonyl (C=O) groups is 1. The van der Waals surface area contributed by atoms with Crippen molar-refractivity contribution >= 4 is 16.8 Å². The fourth-order valence-electron chi connectivity index (χ4n) is 2.72. The van der Waals surface area contributed by atoms with Crippen LogP contribution in [0.15, 0.2) is 55.2 Å². The zero-order valence-electron chi connectivity index (χ0n) is 14.0. The van der Waals surface area contributed by atoms with Crippen LogP contribution in [0.3, 0.4) is 0 Å². The number of pyridine rings is 1. The predicted octanol–water partition coefficient (Wildman–Crippen LogP) is 2.61. The summed E-state index contributed by atoms with van der Waals surface area (Å²) in [6.45, 7) is 2.79. The Morgan fingerprint density at radius 1 is 1.24 bits per heavy atom. The molecule has 1 N–H and O–H groups in total. The van der Waals surface area contributed by atoms with Gasteiger partial charge in [0.15, 0.2) is 0 Å². The van der Waals surface area contributed by atoms with E-state index in [9.17, 15) is 9.90 Å². The summed E-state index contributed by atoms with van der Waals surface area (Å²) in [5, 5.41) is 11.3. The monoisotopic (exact) mass is 336 g/mol. The van der Waals surface area contributed by atoms with Gasteiger partial charge in [-0.15, -0.1) is 0 Å². The van der Waals surface area contributed by atoms with Crippen LogP contribution < -0.4 is 0 Å². The van der Waals surface area contributed by atoms with Crippen LogP contribution >= 0.6 is 0 Å². The zero-order valence-corrected chi connectivity index (χ0v) is 14.0. The lowest BCUT2D eigenvalue weighted by Crippen LogP contribution is -2.35. The number of aliphatic hydroxyl groups is 1. The highest BCUT2D eigenvalue weighted by Crippen LogP contribution is 2.17. The molecule has 0 saturated carbocycles. The largest absolute Gasteiger partial charge is 0.386 e. The van der Waals surface area contributed by atoms with E-state index in [0.29, 0.717) is 17.7 Å². The van der Waals surface area contributed by atoms with Gasteiger partial charge in [-0.1, -0.05) is 19.1 Å². The Bertz CT molecular complexity index is 854. The summed E-state index contributed by atoms with van der Waals surface area (Å²) >= 11 is 0. The lowest BCUT2D eigenvalue weighted by molar-refractivity contribution is 0.0622. The topological polar surface area (TPSA) is 79.2 Å². The molecule has 0 bridgehead atoms. The molecule has 1 atom stereocenters. The minimum Gasteiger partial charge on any atom is -0.386 e. The highest BCUT2D eigenvalue weighted by molar-refractivity contribution is 5.97. The van der Waals surface area contributed by atoms with Crippen molar-refractivity contribution in [3.8, 4) is 0 Å². The first kappa shape index (κ1) is 17.0. The van der Waals surface area contributed by atoms with Gasteiger partial charge in [0.25, 0.3) is 5.91 Å². The second kappa shape index (κ2) is 7.81. The van der Waals surface area contributed by atoms with Crippen LogP contribution in [0, 0.1) is 0 Å². The molecule has 0 aliphatic heterocycles. The molecule has 0 aliphatic rings. The molecule has 0 fully saturated rings. The average Bonchev–Trinajstić information content (AvgIpc) is 2.67. The molecule has 25 heavy (non-hydrogen) atoms. The first-order chi connectivity index (χ1) is 12.2. The summed E-state index contributed by atoms with van der Waals surface area (Å²) in [5.41, 5.74) is 1.98. The number of hydrogen-bond acceptors (Lipinski definition) is 5. The average molecular weight is 336 g/mol. The van der Waals surface area contributed by atoms with Crippen LogP contribution in [0.25, 0.3) is 10.9 Å². The van der Waals surface area contributed by atoms with Crippen molar-refractivity contribution in [2.45, 2.75) is 19.4 Å². The van der Waals surface area contributed by atoms with Crippen molar-refractivity contribution in [1.82, 2.24) is 19.9 Å². The minimum absolute atomic E-state index is 0.120. The van der Waals surface area contributed by atoms with Gasteiger partial charge in [-0.25, -0.2) is 9.97 Å². The zero-order chi connectivity index (χ0) is 17.6. The van der Waals surface area contributed by atoms with E-state index in [-0.39, 0.29) is 12.5 Å². The van der Waals surface area contributed by atoms with Gasteiger partial charge in [-0.05, 0) is 24.6 Å². The van der Waals surface area contributed by atoms with Gasteiger partial charge in [-0.3, -0.25) is 9.78 Å². The number of hydrogen-bond donors (Lipinski definition) is 1. The molecule has 0 saturated heterocycles. The third-order valence-electron chi connectivity index (χ3n) is 4.00. The van der Waals surface area contributed by atoms with Gasteiger partial charge in [-0.2, -0.15) is 0 Å². The Morgan fingerprint density at radius 2 is 2.12 bits per heavy atom. The van der Waals surface area contributed by atoms with E-state index < -0.39 is 6.10 Å². The summed E-state index contributed by atoms with van der Waals surface area (Å²) in [6.07, 6.45) is 6.49. The molecule has 3 aromatic rings. The fraction of sp³-hybridized carbons (Fsp3) is 0.263. The summed E-state index contributed by atoms with van der Waals surface area (Å²) in [6, 6.07) is 8.95. The highest BCUT2D eigenvalue weighted by atomic mass is 16.3. The van der Waals surface area contributed by atoms with Crippen molar-refractivity contribution in [1.29, 1.82) is 0 Å². The minimum atomic E-state index is -0.771. The van der Waals surface area contributed by atoms with Crippen molar-refractivity contribution in [2.75, 3.05) is 13.1 Å². The quantitative estimate of drug-likeness (QED) is 0.748. The van der Waals surface area contributed by atoms with Crippen LogP contribution in [0.1, 0.15) is 35.4 Å². The maximum atomic E-state index is 12.9. The third-order valence-corrected chi connectivity index (χ3v) is 4.00. The van der Waals surface area contributed by atoms with Gasteiger partial charge < -0.3 is 10.0 Å². The second-order valence-corrected chi connectivity index (χ2v) is 5.85. The number of aromatic nitrogens is 3. The fourth-order valence-corrected chi connectivity index (χ4v) is 2.72. The van der Waals surface area contributed by atoms with Crippen LogP contribution in [0.2, 0.25) is 0 Å². The first-order valence-corrected chi connectivity index (χ1v) is 8.26. The molecule has 1 amide bonds. The van der Waals surface area contributed by atoms with Gasteiger partial charge in [0.1, 0.15) is 6.33 Å². The lowest BCUT2D eigenvalue weighted by Gasteiger charge is -2.25. The van der Waals surface area contributed by atoms with Crippen LogP contribution in [0.4, 0.5) is 0 Å². The number of fused-ring (bicyclic) bond motifs is 1. The maximum Gasteiger partial charge on any atom is 0.254 e. The standard InChI is InChI=1S/C19H20N4O2/c1-2-8-23(12-18(24)16-4-3-7-20-11-16)19(25)14-5-6-15-10-21-13-22-17(15)9-14/h3-7,9-11,13,18,24H,2,8,12H2,1H3. The smallest absolute Gasteiger partial charge is 0.254 e. The van der Waals surface area contributed by atoms with Crippen molar-refractivity contribution < 1.29 is 9.90 Å². The van der Waals surface area contributed by atoms with Gasteiger partial charge >= 0.3 is 0 Å². The van der Waals surface area contributed by atoms with Crippen LogP contribution in [-0.2, 0) is 0 Å². The molecular formula is C19H20N4O2. The van der Waals surface area contributed by atoms with Gasteiger partial charge in [0.2, 0.25) is 0 Å². The maximum absolute atomic E-state index is 12.9. The molecule has 0 radical (unpaired) electrons. The number of carbonyl (C=O) groups excluding carboxylic acids is 1. The number of benzene rings is 1. The Kier molecular flexibility index (Phi) is 5.30.